The summed E-state index contributed by atoms with van der Waals surface area (Å²) in [6, 6.07) is 5.74. The number of rotatable bonds is 3. The van der Waals surface area contributed by atoms with Gasteiger partial charge in [-0.25, -0.2) is 13.8 Å². The van der Waals surface area contributed by atoms with Gasteiger partial charge in [0.15, 0.2) is 0 Å². The highest BCUT2D eigenvalue weighted by atomic mass is 19.3. The molecule has 4 rings (SSSR count). The fourth-order valence-electron chi connectivity index (χ4n) is 3.99. The molecule has 1 atom stereocenters. The van der Waals surface area contributed by atoms with Crippen molar-refractivity contribution < 1.29 is 8.78 Å². The molecule has 0 bridgehead atoms. The first-order valence-electron chi connectivity index (χ1n) is 8.59. The Morgan fingerprint density at radius 2 is 1.92 bits per heavy atom. The van der Waals surface area contributed by atoms with E-state index in [0.717, 1.165) is 5.69 Å². The summed E-state index contributed by atoms with van der Waals surface area (Å²) in [5.74, 6) is -1.98. The van der Waals surface area contributed by atoms with E-state index >= 15 is 0 Å². The van der Waals surface area contributed by atoms with Crippen LogP contribution in [0.3, 0.4) is 0 Å². The summed E-state index contributed by atoms with van der Waals surface area (Å²) in [6.45, 7) is 2.30. The van der Waals surface area contributed by atoms with E-state index in [1.165, 1.54) is 0 Å². The smallest absolute Gasteiger partial charge is 0.257 e. The number of hydrogen-bond donors (Lipinski definition) is 0. The Labute approximate surface area is 145 Å². The second-order valence-electron chi connectivity index (χ2n) is 7.00. The summed E-state index contributed by atoms with van der Waals surface area (Å²) < 4.78 is 29.7. The molecule has 4 heterocycles. The molecule has 2 aromatic rings. The highest BCUT2D eigenvalue weighted by Crippen LogP contribution is 2.50. The molecule has 7 heteroatoms. The largest absolute Gasteiger partial charge is 0.354 e. The Bertz CT molecular complexity index is 712. The van der Waals surface area contributed by atoms with Crippen LogP contribution in [0.1, 0.15) is 18.5 Å². The number of alkyl halides is 2. The maximum Gasteiger partial charge on any atom is 0.257 e. The molecule has 1 unspecified atom stereocenters. The van der Waals surface area contributed by atoms with E-state index in [1.54, 1.807) is 24.8 Å². The molecule has 0 amide bonds. The van der Waals surface area contributed by atoms with E-state index in [-0.39, 0.29) is 6.42 Å². The Morgan fingerprint density at radius 3 is 2.68 bits per heavy atom. The van der Waals surface area contributed by atoms with Crippen LogP contribution in [0.5, 0.6) is 0 Å². The molecule has 5 nitrogen and oxygen atoms in total. The summed E-state index contributed by atoms with van der Waals surface area (Å²) in [4.78, 5) is 16.7. The molecular weight excluding hydrogens is 324 g/mol. The maximum absolute atomic E-state index is 14.9. The second kappa shape index (κ2) is 6.29. The third kappa shape index (κ3) is 3.08. The second-order valence-corrected chi connectivity index (χ2v) is 7.00. The minimum Gasteiger partial charge on any atom is -0.354 e. The van der Waals surface area contributed by atoms with Gasteiger partial charge in [-0.05, 0) is 18.6 Å². The van der Waals surface area contributed by atoms with E-state index in [0.29, 0.717) is 45.0 Å². The van der Waals surface area contributed by atoms with Crippen LogP contribution in [0.15, 0.2) is 43.0 Å². The lowest BCUT2D eigenvalue weighted by Crippen LogP contribution is -2.56. The van der Waals surface area contributed by atoms with Crippen molar-refractivity contribution in [3.8, 4) is 0 Å². The maximum atomic E-state index is 14.9. The average molecular weight is 345 g/mol. The van der Waals surface area contributed by atoms with Gasteiger partial charge >= 0.3 is 0 Å². The molecule has 132 valence electrons. The molecule has 25 heavy (non-hydrogen) atoms. The monoisotopic (exact) mass is 345 g/mol. The van der Waals surface area contributed by atoms with Crippen molar-refractivity contribution in [1.82, 2.24) is 19.9 Å². The molecule has 0 saturated carbocycles. The molecule has 2 aliphatic rings. The number of pyridine rings is 1. The zero-order chi connectivity index (χ0) is 17.3. The number of halogens is 2. The van der Waals surface area contributed by atoms with E-state index in [2.05, 4.69) is 19.9 Å². The summed E-state index contributed by atoms with van der Waals surface area (Å²) >= 11 is 0. The van der Waals surface area contributed by atoms with E-state index in [4.69, 9.17) is 0 Å². The van der Waals surface area contributed by atoms with Crippen molar-refractivity contribution in [2.24, 2.45) is 5.41 Å². The third-order valence-corrected chi connectivity index (χ3v) is 5.38. The molecule has 2 saturated heterocycles. The van der Waals surface area contributed by atoms with Crippen LogP contribution >= 0.6 is 0 Å². The van der Waals surface area contributed by atoms with Crippen molar-refractivity contribution in [1.29, 1.82) is 0 Å². The van der Waals surface area contributed by atoms with Crippen LogP contribution in [-0.2, 0) is 6.54 Å². The minimum atomic E-state index is -2.66. The molecule has 2 aromatic heterocycles. The highest BCUT2D eigenvalue weighted by molar-refractivity contribution is 5.38. The standard InChI is InChI=1S/C18H21F2N5/c19-18(20)5-9-24(12-15-3-1-2-6-22-15)13-17(18)4-10-25(14-17)16-11-21-7-8-23-16/h1-3,6-8,11H,4-5,9-10,12-14H2. The first kappa shape index (κ1) is 16.3. The topological polar surface area (TPSA) is 45.2 Å². The first-order valence-corrected chi connectivity index (χ1v) is 8.59. The van der Waals surface area contributed by atoms with Gasteiger partial charge in [-0.3, -0.25) is 14.9 Å². The summed E-state index contributed by atoms with van der Waals surface area (Å²) in [6.07, 6.45) is 6.95. The molecule has 1 spiro atoms. The van der Waals surface area contributed by atoms with Gasteiger partial charge in [0, 0.05) is 57.7 Å². The number of hydrogen-bond acceptors (Lipinski definition) is 5. The predicted octanol–water partition coefficient (Wildman–Crippen LogP) is 2.61. The molecule has 0 N–H and O–H groups in total. The lowest BCUT2D eigenvalue weighted by atomic mass is 9.75. The normalized spacial score (nSPS) is 26.2. The number of nitrogens with zero attached hydrogens (tertiary/aromatic N) is 5. The van der Waals surface area contributed by atoms with Gasteiger partial charge in [0.25, 0.3) is 5.92 Å². The number of anilines is 1. The fraction of sp³-hybridized carbons (Fsp3) is 0.500. The average Bonchev–Trinajstić information content (AvgIpc) is 3.06. The van der Waals surface area contributed by atoms with E-state index in [9.17, 15) is 8.78 Å². The Morgan fingerprint density at radius 1 is 1.00 bits per heavy atom. The third-order valence-electron chi connectivity index (χ3n) is 5.38. The van der Waals surface area contributed by atoms with Gasteiger partial charge in [-0.1, -0.05) is 6.07 Å². The SMILES string of the molecule is FC1(F)CCN(Cc2ccccn2)CC12CCN(c1cnccn1)C2. The van der Waals surface area contributed by atoms with Crippen LogP contribution in [-0.4, -0.2) is 52.0 Å². The molecule has 0 aliphatic carbocycles. The summed E-state index contributed by atoms with van der Waals surface area (Å²) in [5.41, 5.74) is -0.107. The molecule has 2 fully saturated rings. The number of likely N-dealkylation sites (tertiary alicyclic amines) is 1. The Hall–Kier alpha value is -2.15. The van der Waals surface area contributed by atoms with Crippen molar-refractivity contribution in [2.75, 3.05) is 31.1 Å². The number of aromatic nitrogens is 3. The lowest BCUT2D eigenvalue weighted by Gasteiger charge is -2.45. The molecule has 0 aromatic carbocycles. The minimum absolute atomic E-state index is 0.103. The fourth-order valence-corrected chi connectivity index (χ4v) is 3.99. The quantitative estimate of drug-likeness (QED) is 0.856. The Balaban J connectivity index is 1.52. The summed E-state index contributed by atoms with van der Waals surface area (Å²) in [7, 11) is 0. The van der Waals surface area contributed by atoms with Crippen LogP contribution < -0.4 is 4.90 Å². The van der Waals surface area contributed by atoms with Crippen molar-refractivity contribution >= 4 is 5.82 Å². The highest BCUT2D eigenvalue weighted by Gasteiger charge is 2.59. The van der Waals surface area contributed by atoms with Crippen LogP contribution in [0.25, 0.3) is 0 Å². The molecule has 0 radical (unpaired) electrons. The predicted molar refractivity (Wildman–Crippen MR) is 90.4 cm³/mol. The van der Waals surface area contributed by atoms with Gasteiger partial charge in [0.1, 0.15) is 5.82 Å². The van der Waals surface area contributed by atoms with E-state index in [1.807, 2.05) is 23.1 Å². The summed E-state index contributed by atoms with van der Waals surface area (Å²) in [5, 5.41) is 0. The van der Waals surface area contributed by atoms with Gasteiger partial charge in [0.05, 0.1) is 17.3 Å². The zero-order valence-corrected chi connectivity index (χ0v) is 14.0. The van der Waals surface area contributed by atoms with Crippen molar-refractivity contribution in [3.63, 3.8) is 0 Å². The van der Waals surface area contributed by atoms with Gasteiger partial charge in [-0.15, -0.1) is 0 Å². The van der Waals surface area contributed by atoms with E-state index < -0.39 is 11.3 Å². The first-order chi connectivity index (χ1) is 12.1. The van der Waals surface area contributed by atoms with Crippen molar-refractivity contribution in [2.45, 2.75) is 25.3 Å². The van der Waals surface area contributed by atoms with Crippen LogP contribution in [0.4, 0.5) is 14.6 Å². The van der Waals surface area contributed by atoms with Crippen molar-refractivity contribution in [3.05, 3.63) is 48.7 Å². The van der Waals surface area contributed by atoms with Crippen LogP contribution in [0.2, 0.25) is 0 Å². The van der Waals surface area contributed by atoms with Crippen LogP contribution in [0, 0.1) is 5.41 Å². The van der Waals surface area contributed by atoms with Gasteiger partial charge in [0.2, 0.25) is 0 Å². The van der Waals surface area contributed by atoms with Gasteiger partial charge in [-0.2, -0.15) is 0 Å². The van der Waals surface area contributed by atoms with Gasteiger partial charge < -0.3 is 4.90 Å². The Kier molecular flexibility index (Phi) is 4.11. The lowest BCUT2D eigenvalue weighted by molar-refractivity contribution is -0.159. The molecule has 2 aliphatic heterocycles. The zero-order valence-electron chi connectivity index (χ0n) is 14.0. The number of piperidine rings is 1. The molecular formula is C18H21F2N5.